The highest BCUT2D eigenvalue weighted by atomic mass is 27.2. The molecule has 1 heteroatoms. The molecule has 1 aliphatic rings. The average molecular weight is 194 g/mol. The molecule has 0 aromatic carbocycles. The van der Waals surface area contributed by atoms with Crippen LogP contribution in [0.2, 0.25) is 15.8 Å². The molecule has 0 aliphatic heterocycles. The van der Waals surface area contributed by atoms with Crippen molar-refractivity contribution < 1.29 is 0 Å². The van der Waals surface area contributed by atoms with Gasteiger partial charge in [-0.1, -0.05) is 48.3 Å². The van der Waals surface area contributed by atoms with Gasteiger partial charge in [0.05, 0.1) is 0 Å². The minimum Gasteiger partial charge on any atom is -0.0967 e. The molecule has 1 rings (SSSR count). The van der Waals surface area contributed by atoms with Gasteiger partial charge in [0.1, 0.15) is 0 Å². The van der Waals surface area contributed by atoms with Crippen molar-refractivity contribution in [2.24, 2.45) is 5.92 Å². The molecule has 13 heavy (non-hydrogen) atoms. The minimum absolute atomic E-state index is 0.287. The Labute approximate surface area is 87.8 Å². The highest BCUT2D eigenvalue weighted by molar-refractivity contribution is 6.58. The van der Waals surface area contributed by atoms with Crippen molar-refractivity contribution in [1.29, 1.82) is 0 Å². The quantitative estimate of drug-likeness (QED) is 0.453. The SMILES string of the molecule is C[CH2][Al]([CH2]C)[CH2]C[C@H]1CC=CCC1. The molecule has 0 spiro atoms. The van der Waals surface area contributed by atoms with E-state index in [2.05, 4.69) is 26.0 Å². The zero-order chi connectivity index (χ0) is 9.52. The molecule has 0 amide bonds. The number of hydrogen-bond donors (Lipinski definition) is 0. The second kappa shape index (κ2) is 6.69. The van der Waals surface area contributed by atoms with Crippen LogP contribution in [0.1, 0.15) is 39.5 Å². The predicted molar refractivity (Wildman–Crippen MR) is 62.6 cm³/mol. The fourth-order valence-corrected chi connectivity index (χ4v) is 4.62. The third kappa shape index (κ3) is 4.34. The molecule has 0 saturated carbocycles. The summed E-state index contributed by atoms with van der Waals surface area (Å²) >= 11 is -0.287. The van der Waals surface area contributed by atoms with Crippen LogP contribution in [0, 0.1) is 5.92 Å². The normalized spacial score (nSPS) is 21.8. The topological polar surface area (TPSA) is 0 Å². The van der Waals surface area contributed by atoms with Crippen LogP contribution in [0.25, 0.3) is 0 Å². The van der Waals surface area contributed by atoms with Gasteiger partial charge >= 0.3 is 0 Å². The van der Waals surface area contributed by atoms with Gasteiger partial charge in [-0.25, -0.2) is 0 Å². The van der Waals surface area contributed by atoms with E-state index in [1.54, 1.807) is 5.28 Å². The maximum atomic E-state index is 2.39. The van der Waals surface area contributed by atoms with Gasteiger partial charge in [0.2, 0.25) is 0 Å². The summed E-state index contributed by atoms with van der Waals surface area (Å²) < 4.78 is 0. The summed E-state index contributed by atoms with van der Waals surface area (Å²) in [5, 5.41) is 4.63. The van der Waals surface area contributed by atoms with Gasteiger partial charge in [-0.15, -0.1) is 0 Å². The third-order valence-electron chi connectivity index (χ3n) is 3.52. The van der Waals surface area contributed by atoms with E-state index < -0.39 is 0 Å². The van der Waals surface area contributed by atoms with Crippen molar-refractivity contribution in [1.82, 2.24) is 0 Å². The first kappa shape index (κ1) is 11.3. The zero-order valence-electron chi connectivity index (χ0n) is 9.26. The second-order valence-electron chi connectivity index (χ2n) is 4.41. The Kier molecular flexibility index (Phi) is 5.84. The first-order valence-electron chi connectivity index (χ1n) is 6.01. The lowest BCUT2D eigenvalue weighted by Crippen LogP contribution is -2.12. The van der Waals surface area contributed by atoms with Crippen LogP contribution in [0.3, 0.4) is 0 Å². The van der Waals surface area contributed by atoms with Gasteiger partial charge < -0.3 is 0 Å². The van der Waals surface area contributed by atoms with Gasteiger partial charge in [0.15, 0.2) is 0 Å². The van der Waals surface area contributed by atoms with Gasteiger partial charge in [-0.05, 0) is 25.2 Å². The van der Waals surface area contributed by atoms with Crippen LogP contribution in [0.15, 0.2) is 12.2 Å². The Morgan fingerprint density at radius 1 is 1.23 bits per heavy atom. The summed E-state index contributed by atoms with van der Waals surface area (Å²) in [5.41, 5.74) is 0. The van der Waals surface area contributed by atoms with E-state index in [0.29, 0.717) is 0 Å². The van der Waals surface area contributed by atoms with Crippen LogP contribution in [-0.2, 0) is 0 Å². The summed E-state index contributed by atoms with van der Waals surface area (Å²) in [5.74, 6) is 1.04. The third-order valence-corrected chi connectivity index (χ3v) is 6.97. The van der Waals surface area contributed by atoms with E-state index in [1.165, 1.54) is 36.2 Å². The Balaban J connectivity index is 2.13. The van der Waals surface area contributed by atoms with Crippen molar-refractivity contribution in [2.75, 3.05) is 0 Å². The molecule has 74 valence electrons. The molecule has 1 atom stereocenters. The maximum absolute atomic E-state index is 2.39. The molecule has 0 aromatic heterocycles. The fourth-order valence-electron chi connectivity index (χ4n) is 2.29. The van der Waals surface area contributed by atoms with Gasteiger partial charge in [-0.3, -0.25) is 0 Å². The molecule has 0 heterocycles. The lowest BCUT2D eigenvalue weighted by atomic mass is 9.92. The van der Waals surface area contributed by atoms with Crippen LogP contribution < -0.4 is 0 Å². The number of hydrogen-bond acceptors (Lipinski definition) is 0. The summed E-state index contributed by atoms with van der Waals surface area (Å²) in [6, 6.07) is 0. The molecule has 0 bridgehead atoms. The van der Waals surface area contributed by atoms with E-state index in [4.69, 9.17) is 0 Å². The van der Waals surface area contributed by atoms with Gasteiger partial charge in [0.25, 0.3) is 14.1 Å². The zero-order valence-corrected chi connectivity index (χ0v) is 10.4. The second-order valence-corrected chi connectivity index (χ2v) is 8.35. The highest BCUT2D eigenvalue weighted by Gasteiger charge is 2.15. The maximum Gasteiger partial charge on any atom is 0.261 e. The smallest absolute Gasteiger partial charge is 0.0967 e. The Bertz CT molecular complexity index is 147. The van der Waals surface area contributed by atoms with Crippen molar-refractivity contribution in [2.45, 2.75) is 55.4 Å². The molecule has 0 fully saturated rings. The molecular weight excluding hydrogens is 171 g/mol. The first-order chi connectivity index (χ1) is 6.36. The Morgan fingerprint density at radius 2 is 2.00 bits per heavy atom. The molecule has 0 N–H and O–H groups in total. The molecule has 0 radical (unpaired) electrons. The largest absolute Gasteiger partial charge is 0.261 e. The summed E-state index contributed by atoms with van der Waals surface area (Å²) in [6.07, 6.45) is 10.4. The van der Waals surface area contributed by atoms with Crippen molar-refractivity contribution >= 4 is 14.1 Å². The first-order valence-corrected chi connectivity index (χ1v) is 8.46. The molecule has 0 nitrogen and oxygen atoms in total. The monoisotopic (exact) mass is 194 g/mol. The van der Waals surface area contributed by atoms with Gasteiger partial charge in [0, 0.05) is 0 Å². The van der Waals surface area contributed by atoms with Crippen LogP contribution in [-0.4, -0.2) is 14.1 Å². The Hall–Kier alpha value is 0.272. The predicted octanol–water partition coefficient (Wildman–Crippen LogP) is 4.27. The summed E-state index contributed by atoms with van der Waals surface area (Å²) in [4.78, 5) is 0. The molecule has 0 saturated heterocycles. The molecule has 0 aromatic rings. The highest BCUT2D eigenvalue weighted by Crippen LogP contribution is 2.24. The van der Waals surface area contributed by atoms with Crippen molar-refractivity contribution in [3.05, 3.63) is 12.2 Å². The minimum atomic E-state index is -0.287. The summed E-state index contributed by atoms with van der Waals surface area (Å²) in [7, 11) is 0. The lowest BCUT2D eigenvalue weighted by molar-refractivity contribution is 0.463. The van der Waals surface area contributed by atoms with Crippen LogP contribution >= 0.6 is 0 Å². The average Bonchev–Trinajstić information content (AvgIpc) is 2.21. The van der Waals surface area contributed by atoms with E-state index >= 15 is 0 Å². The molecular formula is C12H23Al. The van der Waals surface area contributed by atoms with Crippen molar-refractivity contribution in [3.63, 3.8) is 0 Å². The van der Waals surface area contributed by atoms with E-state index in [9.17, 15) is 0 Å². The van der Waals surface area contributed by atoms with E-state index in [1.807, 2.05) is 0 Å². The van der Waals surface area contributed by atoms with Crippen LogP contribution in [0.4, 0.5) is 0 Å². The summed E-state index contributed by atoms with van der Waals surface area (Å²) in [6.45, 7) is 4.78. The number of rotatable bonds is 5. The van der Waals surface area contributed by atoms with E-state index in [-0.39, 0.29) is 14.1 Å². The molecule has 1 aliphatic carbocycles. The van der Waals surface area contributed by atoms with E-state index in [0.717, 1.165) is 5.92 Å². The fraction of sp³-hybridized carbons (Fsp3) is 0.833. The van der Waals surface area contributed by atoms with Gasteiger partial charge in [-0.2, -0.15) is 0 Å². The number of allylic oxidation sites excluding steroid dienone is 2. The lowest BCUT2D eigenvalue weighted by Gasteiger charge is -2.18. The van der Waals surface area contributed by atoms with Crippen LogP contribution in [0.5, 0.6) is 0 Å². The standard InChI is InChI=1S/C8H13.2C2H5.Al/c1-2-8-6-4-3-5-7-8;2*1-2;/h3-4,8H,1-2,5-7H2;2*1H2,2H3;/t8-;;;/m0.../s1. The Morgan fingerprint density at radius 3 is 2.54 bits per heavy atom. The molecule has 0 unspecified atom stereocenters. The van der Waals surface area contributed by atoms with Crippen molar-refractivity contribution in [3.8, 4) is 0 Å².